The van der Waals surface area contributed by atoms with Gasteiger partial charge in [0.05, 0.1) is 5.69 Å². The first kappa shape index (κ1) is 14.1. The van der Waals surface area contributed by atoms with Gasteiger partial charge in [-0.15, -0.1) is 0 Å². The maximum absolute atomic E-state index is 9.31. The number of anilines is 3. The Morgan fingerprint density at radius 3 is 2.55 bits per heavy atom. The second kappa shape index (κ2) is 5.53. The van der Waals surface area contributed by atoms with Gasteiger partial charge in [0.1, 0.15) is 17.5 Å². The average Bonchev–Trinajstić information content (AvgIpc) is 3.00. The zero-order valence-corrected chi connectivity index (χ0v) is 12.5. The highest BCUT2D eigenvalue weighted by Gasteiger charge is 2.17. The molecule has 1 fully saturated rings. The van der Waals surface area contributed by atoms with Gasteiger partial charge in [-0.25, -0.2) is 4.98 Å². The number of aryl methyl sites for hydroxylation is 1. The molecule has 0 unspecified atom stereocenters. The highest BCUT2D eigenvalue weighted by molar-refractivity contribution is 5.76. The van der Waals surface area contributed by atoms with Crippen molar-refractivity contribution in [1.29, 1.82) is 5.26 Å². The van der Waals surface area contributed by atoms with Crippen LogP contribution in [-0.2, 0) is 0 Å². The van der Waals surface area contributed by atoms with Gasteiger partial charge in [-0.3, -0.25) is 0 Å². The van der Waals surface area contributed by atoms with E-state index in [1.807, 2.05) is 13.0 Å². The van der Waals surface area contributed by atoms with E-state index in [4.69, 9.17) is 11.5 Å². The lowest BCUT2D eigenvalue weighted by Crippen LogP contribution is -2.17. The van der Waals surface area contributed by atoms with Crippen LogP contribution in [0, 0.1) is 18.3 Å². The third-order valence-corrected chi connectivity index (χ3v) is 4.00. The third-order valence-electron chi connectivity index (χ3n) is 4.00. The number of hydrogen-bond donors (Lipinski definition) is 2. The minimum Gasteiger partial charge on any atom is -0.382 e. The predicted molar refractivity (Wildman–Crippen MR) is 87.2 cm³/mol. The van der Waals surface area contributed by atoms with Crippen LogP contribution < -0.4 is 16.4 Å². The van der Waals surface area contributed by atoms with Crippen molar-refractivity contribution in [2.45, 2.75) is 19.8 Å². The molecule has 0 saturated carbocycles. The minimum atomic E-state index is 0.0783. The number of rotatable bonds is 2. The number of nitrogen functional groups attached to an aromatic ring is 2. The number of nitrogens with two attached hydrogens (primary N) is 2. The molecule has 0 spiro atoms. The molecule has 1 aliphatic rings. The Morgan fingerprint density at radius 1 is 1.18 bits per heavy atom. The summed E-state index contributed by atoms with van der Waals surface area (Å²) in [5, 5.41) is 9.31. The summed E-state index contributed by atoms with van der Waals surface area (Å²) in [6, 6.07) is 8.23. The van der Waals surface area contributed by atoms with Crippen molar-refractivity contribution in [3.05, 3.63) is 29.3 Å². The van der Waals surface area contributed by atoms with Crippen LogP contribution in [0.4, 0.5) is 17.5 Å². The quantitative estimate of drug-likeness (QED) is 0.878. The van der Waals surface area contributed by atoms with Gasteiger partial charge < -0.3 is 16.4 Å². The van der Waals surface area contributed by atoms with E-state index in [-0.39, 0.29) is 17.3 Å². The number of nitriles is 1. The Morgan fingerprint density at radius 2 is 1.91 bits per heavy atom. The summed E-state index contributed by atoms with van der Waals surface area (Å²) in [7, 11) is 0. The van der Waals surface area contributed by atoms with Gasteiger partial charge in [-0.2, -0.15) is 10.2 Å². The molecule has 2 heterocycles. The fourth-order valence-corrected chi connectivity index (χ4v) is 2.89. The Kier molecular flexibility index (Phi) is 3.55. The lowest BCUT2D eigenvalue weighted by molar-refractivity contribution is 0.949. The lowest BCUT2D eigenvalue weighted by Gasteiger charge is -2.19. The summed E-state index contributed by atoms with van der Waals surface area (Å²) >= 11 is 0. The Hall–Kier alpha value is -2.81. The summed E-state index contributed by atoms with van der Waals surface area (Å²) < 4.78 is 0. The summed E-state index contributed by atoms with van der Waals surface area (Å²) in [5.41, 5.74) is 15.3. The minimum absolute atomic E-state index is 0.0783. The standard InChI is InChI=1S/C16H18N6/c1-10-8-11(22-6-2-3-7-22)4-5-12(10)14-13(9-17)15(18)21-16(19)20-14/h4-5,8H,2-3,6-7H2,1H3,(H4,18,19,20,21). The van der Waals surface area contributed by atoms with Crippen LogP contribution in [0.25, 0.3) is 11.3 Å². The zero-order valence-electron chi connectivity index (χ0n) is 12.5. The molecule has 0 amide bonds. The maximum atomic E-state index is 9.31. The van der Waals surface area contributed by atoms with E-state index in [0.29, 0.717) is 5.69 Å². The van der Waals surface area contributed by atoms with Crippen molar-refractivity contribution in [2.24, 2.45) is 0 Å². The molecular weight excluding hydrogens is 276 g/mol. The summed E-state index contributed by atoms with van der Waals surface area (Å²) in [5.74, 6) is 0.197. The molecule has 22 heavy (non-hydrogen) atoms. The van der Waals surface area contributed by atoms with E-state index in [2.05, 4.69) is 33.1 Å². The SMILES string of the molecule is Cc1cc(N2CCCC2)ccc1-c1nc(N)nc(N)c1C#N. The molecule has 0 aliphatic carbocycles. The van der Waals surface area contributed by atoms with Crippen LogP contribution in [0.2, 0.25) is 0 Å². The summed E-state index contributed by atoms with van der Waals surface area (Å²) in [6.45, 7) is 4.19. The van der Waals surface area contributed by atoms with E-state index in [1.165, 1.54) is 18.5 Å². The second-order valence-corrected chi connectivity index (χ2v) is 5.50. The first-order chi connectivity index (χ1) is 10.6. The smallest absolute Gasteiger partial charge is 0.222 e. The van der Waals surface area contributed by atoms with Crippen LogP contribution in [0.5, 0.6) is 0 Å². The molecule has 1 aromatic heterocycles. The molecule has 6 nitrogen and oxygen atoms in total. The second-order valence-electron chi connectivity index (χ2n) is 5.50. The Bertz CT molecular complexity index is 756. The molecule has 112 valence electrons. The number of aromatic nitrogens is 2. The molecule has 2 aromatic rings. The molecule has 0 bridgehead atoms. The van der Waals surface area contributed by atoms with Gasteiger partial charge in [0.15, 0.2) is 0 Å². The predicted octanol–water partition coefficient (Wildman–Crippen LogP) is 2.09. The Labute approximate surface area is 129 Å². The normalized spacial score (nSPS) is 14.1. The maximum Gasteiger partial charge on any atom is 0.222 e. The van der Waals surface area contributed by atoms with Crippen molar-refractivity contribution >= 4 is 17.5 Å². The average molecular weight is 294 g/mol. The van der Waals surface area contributed by atoms with Crippen LogP contribution in [0.1, 0.15) is 24.0 Å². The number of nitrogens with zero attached hydrogens (tertiary/aromatic N) is 4. The summed E-state index contributed by atoms with van der Waals surface area (Å²) in [4.78, 5) is 10.4. The third kappa shape index (κ3) is 2.42. The number of hydrogen-bond acceptors (Lipinski definition) is 6. The van der Waals surface area contributed by atoms with Crippen molar-refractivity contribution in [3.8, 4) is 17.3 Å². The van der Waals surface area contributed by atoms with E-state index >= 15 is 0 Å². The van der Waals surface area contributed by atoms with Crippen molar-refractivity contribution in [2.75, 3.05) is 29.5 Å². The van der Waals surface area contributed by atoms with Gasteiger partial charge in [0.25, 0.3) is 0 Å². The van der Waals surface area contributed by atoms with Crippen molar-refractivity contribution in [3.63, 3.8) is 0 Å². The highest BCUT2D eigenvalue weighted by Crippen LogP contribution is 2.31. The first-order valence-electron chi connectivity index (χ1n) is 7.29. The zero-order chi connectivity index (χ0) is 15.7. The summed E-state index contributed by atoms with van der Waals surface area (Å²) in [6.07, 6.45) is 2.47. The fourth-order valence-electron chi connectivity index (χ4n) is 2.89. The Balaban J connectivity index is 2.08. The topological polar surface area (TPSA) is 105 Å². The fraction of sp³-hybridized carbons (Fsp3) is 0.312. The van der Waals surface area contributed by atoms with Gasteiger partial charge >= 0.3 is 0 Å². The van der Waals surface area contributed by atoms with Crippen molar-refractivity contribution in [1.82, 2.24) is 9.97 Å². The van der Waals surface area contributed by atoms with Gasteiger partial charge in [-0.05, 0) is 37.5 Å². The monoisotopic (exact) mass is 294 g/mol. The molecule has 6 heteroatoms. The molecule has 1 aromatic carbocycles. The highest BCUT2D eigenvalue weighted by atomic mass is 15.1. The molecule has 4 N–H and O–H groups in total. The molecule has 1 saturated heterocycles. The van der Waals surface area contributed by atoms with Crippen LogP contribution in [0.15, 0.2) is 18.2 Å². The molecule has 3 rings (SSSR count). The van der Waals surface area contributed by atoms with Gasteiger partial charge in [-0.1, -0.05) is 6.07 Å². The van der Waals surface area contributed by atoms with Gasteiger partial charge in [0.2, 0.25) is 5.95 Å². The van der Waals surface area contributed by atoms with E-state index in [9.17, 15) is 5.26 Å². The van der Waals surface area contributed by atoms with E-state index < -0.39 is 0 Å². The molecular formula is C16H18N6. The lowest BCUT2D eigenvalue weighted by atomic mass is 10.0. The van der Waals surface area contributed by atoms with Crippen LogP contribution >= 0.6 is 0 Å². The van der Waals surface area contributed by atoms with Crippen LogP contribution in [0.3, 0.4) is 0 Å². The molecule has 0 atom stereocenters. The number of benzene rings is 1. The van der Waals surface area contributed by atoms with E-state index in [1.54, 1.807) is 0 Å². The first-order valence-corrected chi connectivity index (χ1v) is 7.29. The molecule has 1 aliphatic heterocycles. The van der Waals surface area contributed by atoms with Gasteiger partial charge in [0, 0.05) is 24.3 Å². The van der Waals surface area contributed by atoms with E-state index in [0.717, 1.165) is 24.2 Å². The largest absolute Gasteiger partial charge is 0.382 e. The van der Waals surface area contributed by atoms with Crippen LogP contribution in [-0.4, -0.2) is 23.1 Å². The molecule has 0 radical (unpaired) electrons. The van der Waals surface area contributed by atoms with Crippen molar-refractivity contribution < 1.29 is 0 Å².